The van der Waals surface area contributed by atoms with E-state index in [2.05, 4.69) is 126 Å². The molecular formula is C27H24N2P2S. The van der Waals surface area contributed by atoms with Crippen LogP contribution in [0.2, 0.25) is 0 Å². The number of thioether (sulfide) groups is 1. The molecule has 0 amide bonds. The van der Waals surface area contributed by atoms with Gasteiger partial charge >= 0.3 is 0 Å². The smallest absolute Gasteiger partial charge is 0.167 e. The minimum absolute atomic E-state index is 0.668. The number of hydrogen-bond acceptors (Lipinski definition) is 2. The molecule has 5 heteroatoms. The van der Waals surface area contributed by atoms with Crippen LogP contribution in [-0.4, -0.2) is 22.1 Å². The van der Waals surface area contributed by atoms with Gasteiger partial charge in [0, 0.05) is 33.5 Å². The zero-order valence-corrected chi connectivity index (χ0v) is 20.3. The number of nitrogens with zero attached hydrogens (tertiary/aromatic N) is 2. The van der Waals surface area contributed by atoms with Crippen LogP contribution in [0.3, 0.4) is 0 Å². The van der Waals surface area contributed by atoms with Crippen molar-refractivity contribution in [2.75, 3.05) is 12.3 Å². The maximum absolute atomic E-state index is 5.46. The lowest BCUT2D eigenvalue weighted by Crippen LogP contribution is -2.29. The van der Waals surface area contributed by atoms with Gasteiger partial charge in [-0.25, -0.2) is 4.76 Å². The topological polar surface area (TPSA) is 15.6 Å². The quantitative estimate of drug-likeness (QED) is 0.347. The van der Waals surface area contributed by atoms with Gasteiger partial charge in [-0.1, -0.05) is 133 Å². The molecular weight excluding hydrogens is 446 g/mol. The average molecular weight is 471 g/mol. The van der Waals surface area contributed by atoms with Crippen LogP contribution in [0.5, 0.6) is 0 Å². The Morgan fingerprint density at radius 2 is 0.969 bits per heavy atom. The van der Waals surface area contributed by atoms with Gasteiger partial charge in [-0.2, -0.15) is 0 Å². The fraction of sp³-hybridized carbons (Fsp3) is 0.0741. The molecule has 4 aromatic carbocycles. The molecule has 32 heavy (non-hydrogen) atoms. The summed E-state index contributed by atoms with van der Waals surface area (Å²) < 4.78 is 8.02. The van der Waals surface area contributed by atoms with E-state index in [9.17, 15) is 0 Å². The monoisotopic (exact) mass is 470 g/mol. The molecule has 0 spiro atoms. The first-order chi connectivity index (χ1) is 15.9. The van der Waals surface area contributed by atoms with E-state index in [-0.39, 0.29) is 0 Å². The van der Waals surface area contributed by atoms with Crippen LogP contribution in [-0.2, 0) is 0 Å². The minimum atomic E-state index is -0.815. The molecule has 0 aliphatic carbocycles. The Morgan fingerprint density at radius 3 is 1.41 bits per heavy atom. The van der Waals surface area contributed by atoms with Gasteiger partial charge in [0.2, 0.25) is 0 Å². The van der Waals surface area contributed by atoms with E-state index < -0.39 is 16.1 Å². The third-order valence-electron chi connectivity index (χ3n) is 5.19. The summed E-state index contributed by atoms with van der Waals surface area (Å²) in [5, 5.41) is 6.48. The Hall–Kier alpha value is -2.44. The number of benzene rings is 4. The SMILES string of the molecule is c1ccc(P(/N=C2\SCCN2P(c2ccccc2)c2ccccc2)c2ccccc2)cc1. The highest BCUT2D eigenvalue weighted by atomic mass is 32.2. The lowest BCUT2D eigenvalue weighted by atomic mass is 10.4. The summed E-state index contributed by atoms with van der Waals surface area (Å²) >= 11 is 1.89. The van der Waals surface area contributed by atoms with Gasteiger partial charge in [-0.3, -0.25) is 0 Å². The number of amidine groups is 1. The normalized spacial score (nSPS) is 15.1. The molecule has 0 saturated carbocycles. The summed E-state index contributed by atoms with van der Waals surface area (Å²) in [4.78, 5) is 0. The Balaban J connectivity index is 1.58. The largest absolute Gasteiger partial charge is 0.321 e. The summed E-state index contributed by atoms with van der Waals surface area (Å²) in [7, 11) is -1.48. The second-order valence-electron chi connectivity index (χ2n) is 7.32. The predicted octanol–water partition coefficient (Wildman–Crippen LogP) is 5.49. The van der Waals surface area contributed by atoms with E-state index in [1.54, 1.807) is 0 Å². The molecule has 1 fully saturated rings. The standard InChI is InChI=1S/C27H24N2P2S/c1-5-13-23(14-6-1)30(24-15-7-2-8-16-24)28-27-29(21-22-32-27)31(25-17-9-3-10-18-25)26-19-11-4-12-20-26/h1-20H,21-22H2/b28-27-. The van der Waals surface area contributed by atoms with E-state index in [1.165, 1.54) is 26.4 Å². The number of hydrogen-bond donors (Lipinski definition) is 0. The van der Waals surface area contributed by atoms with Gasteiger partial charge < -0.3 is 4.67 Å². The lowest BCUT2D eigenvalue weighted by Gasteiger charge is -2.30. The van der Waals surface area contributed by atoms with E-state index >= 15 is 0 Å². The predicted molar refractivity (Wildman–Crippen MR) is 145 cm³/mol. The first-order valence-electron chi connectivity index (χ1n) is 10.7. The van der Waals surface area contributed by atoms with Crippen molar-refractivity contribution in [1.29, 1.82) is 0 Å². The van der Waals surface area contributed by atoms with Crippen LogP contribution in [0, 0.1) is 0 Å². The van der Waals surface area contributed by atoms with Crippen LogP contribution in [0.1, 0.15) is 0 Å². The molecule has 4 aromatic rings. The molecule has 158 valence electrons. The third kappa shape index (κ3) is 4.81. The lowest BCUT2D eigenvalue weighted by molar-refractivity contribution is 0.741. The Bertz CT molecular complexity index is 1080. The molecule has 1 saturated heterocycles. The fourth-order valence-corrected chi connectivity index (χ4v) is 9.51. The van der Waals surface area contributed by atoms with Crippen molar-refractivity contribution in [2.45, 2.75) is 0 Å². The first-order valence-corrected chi connectivity index (χ1v) is 14.3. The summed E-state index contributed by atoms with van der Waals surface area (Å²) in [5.74, 6) is 1.07. The van der Waals surface area contributed by atoms with Crippen molar-refractivity contribution in [3.05, 3.63) is 121 Å². The van der Waals surface area contributed by atoms with Gasteiger partial charge in [0.25, 0.3) is 0 Å². The molecule has 1 aliphatic rings. The fourth-order valence-electron chi connectivity index (χ4n) is 3.71. The van der Waals surface area contributed by atoms with Gasteiger partial charge in [0.05, 0.1) is 16.1 Å². The van der Waals surface area contributed by atoms with E-state index in [0.717, 1.165) is 12.3 Å². The zero-order valence-electron chi connectivity index (χ0n) is 17.7. The highest BCUT2D eigenvalue weighted by molar-refractivity contribution is 8.15. The van der Waals surface area contributed by atoms with Crippen molar-refractivity contribution in [3.8, 4) is 0 Å². The minimum Gasteiger partial charge on any atom is -0.321 e. The summed E-state index contributed by atoms with van der Waals surface area (Å²) in [5.41, 5.74) is 0. The van der Waals surface area contributed by atoms with Crippen LogP contribution in [0.4, 0.5) is 0 Å². The third-order valence-corrected chi connectivity index (χ3v) is 10.8. The van der Waals surface area contributed by atoms with Crippen molar-refractivity contribution in [1.82, 2.24) is 4.67 Å². The Labute approximate surface area is 197 Å². The highest BCUT2D eigenvalue weighted by Crippen LogP contribution is 2.46. The Kier molecular flexibility index (Phi) is 6.99. The summed E-state index contributed by atoms with van der Waals surface area (Å²) in [6, 6.07) is 43.3. The van der Waals surface area contributed by atoms with E-state index in [0.29, 0.717) is 0 Å². The molecule has 0 atom stereocenters. The van der Waals surface area contributed by atoms with Crippen LogP contribution < -0.4 is 21.2 Å². The van der Waals surface area contributed by atoms with E-state index in [4.69, 9.17) is 4.76 Å². The second-order valence-corrected chi connectivity index (χ2v) is 12.4. The molecule has 0 radical (unpaired) electrons. The molecule has 5 rings (SSSR count). The molecule has 0 bridgehead atoms. The molecule has 2 nitrogen and oxygen atoms in total. The van der Waals surface area contributed by atoms with Crippen LogP contribution >= 0.6 is 27.9 Å². The Morgan fingerprint density at radius 1 is 0.562 bits per heavy atom. The van der Waals surface area contributed by atoms with Gasteiger partial charge in [0.1, 0.15) is 0 Å². The molecule has 0 unspecified atom stereocenters. The summed E-state index contributed by atoms with van der Waals surface area (Å²) in [6.07, 6.45) is 0. The molecule has 1 aliphatic heterocycles. The zero-order chi connectivity index (χ0) is 21.6. The molecule has 0 N–H and O–H groups in total. The van der Waals surface area contributed by atoms with Crippen molar-refractivity contribution >= 4 is 54.3 Å². The maximum Gasteiger partial charge on any atom is 0.167 e. The van der Waals surface area contributed by atoms with Crippen molar-refractivity contribution in [2.24, 2.45) is 4.76 Å². The van der Waals surface area contributed by atoms with Crippen LogP contribution in [0.15, 0.2) is 126 Å². The van der Waals surface area contributed by atoms with Crippen molar-refractivity contribution < 1.29 is 0 Å². The van der Waals surface area contributed by atoms with Crippen molar-refractivity contribution in [3.63, 3.8) is 0 Å². The van der Waals surface area contributed by atoms with Gasteiger partial charge in [-0.05, 0) is 0 Å². The summed E-state index contributed by atoms with van der Waals surface area (Å²) in [6.45, 7) is 1.02. The first kappa shape index (κ1) is 21.4. The van der Waals surface area contributed by atoms with Gasteiger partial charge in [-0.15, -0.1) is 0 Å². The van der Waals surface area contributed by atoms with Gasteiger partial charge in [0.15, 0.2) is 5.17 Å². The van der Waals surface area contributed by atoms with Crippen LogP contribution in [0.25, 0.3) is 0 Å². The maximum atomic E-state index is 5.46. The number of rotatable bonds is 6. The average Bonchev–Trinajstić information content (AvgIpc) is 3.33. The molecule has 0 aromatic heterocycles. The second kappa shape index (κ2) is 10.5. The highest BCUT2D eigenvalue weighted by Gasteiger charge is 2.31. The molecule has 1 heterocycles. The van der Waals surface area contributed by atoms with E-state index in [1.807, 2.05) is 11.8 Å².